The fraction of sp³-hybridized carbons (Fsp3) is 0.412. The Morgan fingerprint density at radius 1 is 1.41 bits per heavy atom. The largest absolute Gasteiger partial charge is 0.344 e. The molecule has 0 saturated heterocycles. The molecule has 1 aromatic carbocycles. The minimum absolute atomic E-state index is 0.0181. The second kappa shape index (κ2) is 6.22. The highest BCUT2D eigenvalue weighted by molar-refractivity contribution is 5.75. The number of hydrogen-bond donors (Lipinski definition) is 2. The van der Waals surface area contributed by atoms with Gasteiger partial charge in [0.15, 0.2) is 0 Å². The zero-order valence-electron chi connectivity index (χ0n) is 13.1. The Morgan fingerprint density at radius 2 is 2.18 bits per heavy atom. The van der Waals surface area contributed by atoms with Crippen LogP contribution in [0.25, 0.3) is 0 Å². The van der Waals surface area contributed by atoms with Gasteiger partial charge in [-0.05, 0) is 30.9 Å². The van der Waals surface area contributed by atoms with Crippen molar-refractivity contribution in [2.45, 2.75) is 39.3 Å². The Kier molecular flexibility index (Phi) is 4.13. The lowest BCUT2D eigenvalue weighted by molar-refractivity contribution is 0.187. The molecule has 0 unspecified atom stereocenters. The summed E-state index contributed by atoms with van der Waals surface area (Å²) in [6.07, 6.45) is 3.52. The summed E-state index contributed by atoms with van der Waals surface area (Å²) in [5.74, 6) is 0.825. The molecular formula is C17H22N4O. The van der Waals surface area contributed by atoms with Crippen LogP contribution in [0.15, 0.2) is 30.5 Å². The monoisotopic (exact) mass is 298 g/mol. The van der Waals surface area contributed by atoms with Gasteiger partial charge in [-0.3, -0.25) is 0 Å². The summed E-state index contributed by atoms with van der Waals surface area (Å²) in [5, 5.41) is 3.09. The maximum atomic E-state index is 12.5. The summed E-state index contributed by atoms with van der Waals surface area (Å²) in [6, 6.07) is 8.24. The highest BCUT2D eigenvalue weighted by Crippen LogP contribution is 2.20. The maximum absolute atomic E-state index is 12.5. The maximum Gasteiger partial charge on any atom is 0.318 e. The third kappa shape index (κ3) is 2.98. The number of hydrogen-bond acceptors (Lipinski definition) is 2. The zero-order chi connectivity index (χ0) is 15.5. The van der Waals surface area contributed by atoms with Gasteiger partial charge in [-0.25, -0.2) is 9.78 Å². The Bertz CT molecular complexity index is 664. The molecular weight excluding hydrogens is 276 g/mol. The smallest absolute Gasteiger partial charge is 0.318 e. The number of amides is 2. The third-order valence-electron chi connectivity index (χ3n) is 4.18. The van der Waals surface area contributed by atoms with E-state index in [4.69, 9.17) is 0 Å². The van der Waals surface area contributed by atoms with E-state index in [2.05, 4.69) is 33.5 Å². The topological polar surface area (TPSA) is 61.0 Å². The molecule has 5 heteroatoms. The van der Waals surface area contributed by atoms with Gasteiger partial charge in [0.2, 0.25) is 0 Å². The van der Waals surface area contributed by atoms with Crippen LogP contribution < -0.4 is 5.32 Å². The van der Waals surface area contributed by atoms with Crippen LogP contribution in [0.2, 0.25) is 0 Å². The van der Waals surface area contributed by atoms with Crippen molar-refractivity contribution < 1.29 is 4.79 Å². The SMILES string of the molecule is CC[C@H](NC(=O)N1CCc2ccccc2C1)c1ncc(C)[nH]1. The summed E-state index contributed by atoms with van der Waals surface area (Å²) in [7, 11) is 0. The van der Waals surface area contributed by atoms with E-state index < -0.39 is 0 Å². The lowest BCUT2D eigenvalue weighted by atomic mass is 10.0. The summed E-state index contributed by atoms with van der Waals surface area (Å²) < 4.78 is 0. The number of carbonyl (C=O) groups is 1. The lowest BCUT2D eigenvalue weighted by Gasteiger charge is -2.30. The average molecular weight is 298 g/mol. The number of rotatable bonds is 3. The van der Waals surface area contributed by atoms with E-state index in [1.807, 2.05) is 24.8 Å². The van der Waals surface area contributed by atoms with Crippen LogP contribution in [0.3, 0.4) is 0 Å². The molecule has 2 heterocycles. The van der Waals surface area contributed by atoms with Crippen LogP contribution >= 0.6 is 0 Å². The predicted octanol–water partition coefficient (Wildman–Crippen LogP) is 2.94. The van der Waals surface area contributed by atoms with Crippen molar-refractivity contribution in [2.24, 2.45) is 0 Å². The van der Waals surface area contributed by atoms with Crippen molar-refractivity contribution >= 4 is 6.03 Å². The molecule has 1 aromatic heterocycles. The van der Waals surface area contributed by atoms with E-state index in [0.717, 1.165) is 30.9 Å². The third-order valence-corrected chi connectivity index (χ3v) is 4.18. The van der Waals surface area contributed by atoms with Gasteiger partial charge in [0.25, 0.3) is 0 Å². The van der Waals surface area contributed by atoms with Crippen LogP contribution in [0.4, 0.5) is 4.79 Å². The van der Waals surface area contributed by atoms with Gasteiger partial charge in [-0.2, -0.15) is 0 Å². The van der Waals surface area contributed by atoms with Gasteiger partial charge < -0.3 is 15.2 Å². The molecule has 1 aliphatic rings. The molecule has 2 aromatic rings. The van der Waals surface area contributed by atoms with Gasteiger partial charge >= 0.3 is 6.03 Å². The summed E-state index contributed by atoms with van der Waals surface area (Å²) >= 11 is 0. The summed E-state index contributed by atoms with van der Waals surface area (Å²) in [6.45, 7) is 5.45. The fourth-order valence-electron chi connectivity index (χ4n) is 2.88. The van der Waals surface area contributed by atoms with Gasteiger partial charge in [0.05, 0.1) is 6.04 Å². The van der Waals surface area contributed by atoms with E-state index in [-0.39, 0.29) is 12.1 Å². The molecule has 116 valence electrons. The van der Waals surface area contributed by atoms with Crippen molar-refractivity contribution in [3.05, 3.63) is 53.1 Å². The van der Waals surface area contributed by atoms with Gasteiger partial charge in [-0.1, -0.05) is 31.2 Å². The minimum Gasteiger partial charge on any atom is -0.344 e. The van der Waals surface area contributed by atoms with Gasteiger partial charge in [0, 0.05) is 25.0 Å². The lowest BCUT2D eigenvalue weighted by Crippen LogP contribution is -2.44. The highest BCUT2D eigenvalue weighted by atomic mass is 16.2. The second-order valence-corrected chi connectivity index (χ2v) is 5.80. The first-order valence-corrected chi connectivity index (χ1v) is 7.81. The van der Waals surface area contributed by atoms with Crippen molar-refractivity contribution in [1.29, 1.82) is 0 Å². The number of aromatic nitrogens is 2. The average Bonchev–Trinajstić information content (AvgIpc) is 2.98. The molecule has 5 nitrogen and oxygen atoms in total. The predicted molar refractivity (Wildman–Crippen MR) is 85.4 cm³/mol. The van der Waals surface area contributed by atoms with Crippen LogP contribution in [-0.4, -0.2) is 27.4 Å². The number of urea groups is 1. The first kappa shape index (κ1) is 14.6. The number of benzene rings is 1. The molecule has 1 atom stereocenters. The Morgan fingerprint density at radius 3 is 2.86 bits per heavy atom. The number of aryl methyl sites for hydroxylation is 1. The quantitative estimate of drug-likeness (QED) is 0.915. The van der Waals surface area contributed by atoms with E-state index in [0.29, 0.717) is 6.54 Å². The first-order valence-electron chi connectivity index (χ1n) is 7.81. The van der Waals surface area contributed by atoms with Crippen LogP contribution in [-0.2, 0) is 13.0 Å². The van der Waals surface area contributed by atoms with E-state index in [9.17, 15) is 4.79 Å². The number of aromatic amines is 1. The number of nitrogens with one attached hydrogen (secondary N) is 2. The summed E-state index contributed by atoms with van der Waals surface area (Å²) in [4.78, 5) is 21.9. The number of nitrogens with zero attached hydrogens (tertiary/aromatic N) is 2. The molecule has 22 heavy (non-hydrogen) atoms. The molecule has 0 fully saturated rings. The Labute approximate surface area is 130 Å². The van der Waals surface area contributed by atoms with Crippen molar-refractivity contribution in [3.8, 4) is 0 Å². The molecule has 1 aliphatic heterocycles. The number of imidazole rings is 1. The molecule has 0 bridgehead atoms. The highest BCUT2D eigenvalue weighted by Gasteiger charge is 2.23. The van der Waals surface area contributed by atoms with Crippen molar-refractivity contribution in [1.82, 2.24) is 20.2 Å². The van der Waals surface area contributed by atoms with Crippen molar-refractivity contribution in [2.75, 3.05) is 6.54 Å². The molecule has 3 rings (SSSR count). The molecule has 2 amide bonds. The van der Waals surface area contributed by atoms with E-state index in [1.165, 1.54) is 11.1 Å². The molecule has 0 radical (unpaired) electrons. The van der Waals surface area contributed by atoms with E-state index >= 15 is 0 Å². The molecule has 0 saturated carbocycles. The fourth-order valence-corrected chi connectivity index (χ4v) is 2.88. The Balaban J connectivity index is 1.67. The molecule has 2 N–H and O–H groups in total. The van der Waals surface area contributed by atoms with Gasteiger partial charge in [0.1, 0.15) is 5.82 Å². The molecule has 0 aliphatic carbocycles. The summed E-state index contributed by atoms with van der Waals surface area (Å²) in [5.41, 5.74) is 3.60. The standard InChI is InChI=1S/C17H22N4O/c1-3-15(16-18-10-12(2)19-16)20-17(22)21-9-8-13-6-4-5-7-14(13)11-21/h4-7,10,15H,3,8-9,11H2,1-2H3,(H,18,19)(H,20,22)/t15-/m0/s1. The zero-order valence-corrected chi connectivity index (χ0v) is 13.1. The normalized spacial score (nSPS) is 15.3. The number of H-pyrrole nitrogens is 1. The van der Waals surface area contributed by atoms with Crippen LogP contribution in [0.1, 0.15) is 42.0 Å². The first-order chi connectivity index (χ1) is 10.7. The van der Waals surface area contributed by atoms with Crippen LogP contribution in [0.5, 0.6) is 0 Å². The van der Waals surface area contributed by atoms with Crippen molar-refractivity contribution in [3.63, 3.8) is 0 Å². The second-order valence-electron chi connectivity index (χ2n) is 5.80. The van der Waals surface area contributed by atoms with Gasteiger partial charge in [-0.15, -0.1) is 0 Å². The Hall–Kier alpha value is -2.30. The van der Waals surface area contributed by atoms with Crippen LogP contribution in [0, 0.1) is 6.92 Å². The van der Waals surface area contributed by atoms with E-state index in [1.54, 1.807) is 6.20 Å². The minimum atomic E-state index is -0.0710. The number of fused-ring (bicyclic) bond motifs is 1. The molecule has 0 spiro atoms. The number of carbonyl (C=O) groups excluding carboxylic acids is 1.